The molecule has 1 amide bonds. The highest BCUT2D eigenvalue weighted by molar-refractivity contribution is 6.00. The maximum absolute atomic E-state index is 11.3. The van der Waals surface area contributed by atoms with Gasteiger partial charge in [-0.2, -0.15) is 10.8 Å². The Morgan fingerprint density at radius 1 is 1.11 bits per heavy atom. The molecule has 2 aromatic carbocycles. The molecule has 0 aromatic heterocycles. The fraction of sp³-hybridized carbons (Fsp3) is 0.321. The van der Waals surface area contributed by atoms with Gasteiger partial charge in [-0.25, -0.2) is 0 Å². The third-order valence-corrected chi connectivity index (χ3v) is 7.04. The first-order valence-corrected chi connectivity index (χ1v) is 12.3. The lowest BCUT2D eigenvalue weighted by molar-refractivity contribution is -0.750. The molecule has 0 spiro atoms. The number of carbonyl (C=O) groups excluding carboxylic acids is 1. The number of benzene rings is 2. The van der Waals surface area contributed by atoms with Gasteiger partial charge in [0.1, 0.15) is 24.3 Å². The summed E-state index contributed by atoms with van der Waals surface area (Å²) >= 11 is 0. The maximum Gasteiger partial charge on any atom is 0.265 e. The Morgan fingerprint density at radius 3 is 2.69 bits per heavy atom. The van der Waals surface area contributed by atoms with Crippen molar-refractivity contribution in [2.45, 2.75) is 39.2 Å². The van der Waals surface area contributed by atoms with E-state index in [1.54, 1.807) is 13.1 Å². The highest BCUT2D eigenvalue weighted by Gasteiger charge is 2.46. The van der Waals surface area contributed by atoms with Crippen molar-refractivity contribution >= 4 is 18.0 Å². The second-order valence-electron chi connectivity index (χ2n) is 9.52. The van der Waals surface area contributed by atoms with Crippen LogP contribution < -0.4 is 15.9 Å². The summed E-state index contributed by atoms with van der Waals surface area (Å²) in [4.78, 5) is 20.8. The van der Waals surface area contributed by atoms with Crippen LogP contribution in [0.1, 0.15) is 43.7 Å². The minimum atomic E-state index is 0.0206. The lowest BCUT2D eigenvalue weighted by atomic mass is 9.80. The third-order valence-electron chi connectivity index (χ3n) is 7.04. The van der Waals surface area contributed by atoms with E-state index in [1.807, 2.05) is 54.9 Å². The minimum absolute atomic E-state index is 0.0206. The van der Waals surface area contributed by atoms with Gasteiger partial charge in [-0.3, -0.25) is 9.79 Å². The Balaban J connectivity index is 1.36. The van der Waals surface area contributed by atoms with E-state index in [-0.39, 0.29) is 10.5 Å². The van der Waals surface area contributed by atoms with Crippen LogP contribution in [-0.2, 0) is 11.4 Å². The van der Waals surface area contributed by atoms with Crippen molar-refractivity contribution in [1.82, 2.24) is 5.32 Å². The first-order chi connectivity index (χ1) is 17.0. The Morgan fingerprint density at radius 2 is 1.91 bits per heavy atom. The second kappa shape index (κ2) is 9.98. The zero-order valence-electron chi connectivity index (χ0n) is 20.1. The number of hydrogen-bond donors (Lipinski definition) is 2. The fourth-order valence-corrected chi connectivity index (χ4v) is 5.10. The average Bonchev–Trinajstić information content (AvgIpc) is 3.20. The number of amides is 1. The molecule has 7 nitrogen and oxygen atoms in total. The van der Waals surface area contributed by atoms with Crippen LogP contribution in [-0.4, -0.2) is 29.1 Å². The number of quaternary nitrogens is 1. The number of hydrogen-bond acceptors (Lipinski definition) is 5. The second-order valence-corrected chi connectivity index (χ2v) is 9.52. The van der Waals surface area contributed by atoms with Crippen molar-refractivity contribution in [3.63, 3.8) is 0 Å². The zero-order chi connectivity index (χ0) is 24.3. The number of aliphatic imine (C=N–C) groups is 2. The van der Waals surface area contributed by atoms with Gasteiger partial charge in [-0.1, -0.05) is 36.4 Å². The van der Waals surface area contributed by atoms with E-state index in [1.165, 1.54) is 0 Å². The van der Waals surface area contributed by atoms with Crippen molar-refractivity contribution in [3.05, 3.63) is 89.5 Å². The van der Waals surface area contributed by atoms with Gasteiger partial charge in [0.05, 0.1) is 18.0 Å². The van der Waals surface area contributed by atoms with Crippen molar-refractivity contribution < 1.29 is 14.1 Å². The van der Waals surface area contributed by atoms with Crippen LogP contribution >= 0.6 is 0 Å². The molecule has 35 heavy (non-hydrogen) atoms. The number of carbonyl (C=O) groups is 1. The molecule has 1 saturated carbocycles. The van der Waals surface area contributed by atoms with Crippen LogP contribution in [0.25, 0.3) is 0 Å². The van der Waals surface area contributed by atoms with Gasteiger partial charge in [0, 0.05) is 19.4 Å². The summed E-state index contributed by atoms with van der Waals surface area (Å²) in [6.45, 7) is 2.82. The Labute approximate surface area is 206 Å². The van der Waals surface area contributed by atoms with E-state index in [9.17, 15) is 4.79 Å². The van der Waals surface area contributed by atoms with Crippen molar-refractivity contribution in [3.8, 4) is 5.75 Å². The van der Waals surface area contributed by atoms with E-state index in [2.05, 4.69) is 22.4 Å². The largest absolute Gasteiger partial charge is 0.489 e. The number of nitrogens with zero attached hydrogens (tertiary/aromatic N) is 3. The van der Waals surface area contributed by atoms with Gasteiger partial charge in [0.25, 0.3) is 5.84 Å². The molecule has 0 saturated heterocycles. The summed E-state index contributed by atoms with van der Waals surface area (Å²) in [5.41, 5.74) is 4.02. The van der Waals surface area contributed by atoms with Gasteiger partial charge in [-0.05, 0) is 55.4 Å². The molecule has 1 fully saturated rings. The zero-order valence-corrected chi connectivity index (χ0v) is 20.1. The smallest absolute Gasteiger partial charge is 0.265 e. The number of nitrogens with two attached hydrogens (primary N) is 1. The highest BCUT2D eigenvalue weighted by Crippen LogP contribution is 2.41. The number of ether oxygens (including phenoxy) is 1. The van der Waals surface area contributed by atoms with Crippen molar-refractivity contribution in [1.29, 1.82) is 0 Å². The molecule has 1 unspecified atom stereocenters. The van der Waals surface area contributed by atoms with Crippen molar-refractivity contribution in [2.24, 2.45) is 27.7 Å². The molecular formula is C28H32N5O2+. The number of fused-ring (bicyclic) bond motifs is 1. The molecule has 2 aliphatic heterocycles. The van der Waals surface area contributed by atoms with Crippen LogP contribution in [0, 0.1) is 11.8 Å². The Hall–Kier alpha value is -3.55. The number of amidine groups is 1. The Kier molecular flexibility index (Phi) is 6.61. The van der Waals surface area contributed by atoms with Crippen molar-refractivity contribution in [2.75, 3.05) is 6.54 Å². The van der Waals surface area contributed by atoms with Crippen LogP contribution in [0.5, 0.6) is 5.75 Å². The maximum atomic E-state index is 11.3. The first kappa shape index (κ1) is 23.2. The lowest BCUT2D eigenvalue weighted by Crippen LogP contribution is -2.53. The molecular weight excluding hydrogens is 438 g/mol. The molecule has 2 heterocycles. The van der Waals surface area contributed by atoms with E-state index < -0.39 is 0 Å². The molecule has 0 bridgehead atoms. The summed E-state index contributed by atoms with van der Waals surface area (Å²) in [5.74, 6) is 9.38. The molecule has 3 aliphatic rings. The molecule has 7 heteroatoms. The minimum Gasteiger partial charge on any atom is -0.489 e. The lowest BCUT2D eigenvalue weighted by Gasteiger charge is -2.29. The predicted octanol–water partition coefficient (Wildman–Crippen LogP) is 4.43. The normalized spacial score (nSPS) is 25.3. The van der Waals surface area contributed by atoms with Crippen LogP contribution in [0.3, 0.4) is 0 Å². The standard InChI is InChI=1S/C28H31N5O2/c1-20(34)31-17-21-10-12-23(13-11-21)27-26-18-30-14-15-33(26,29)28(32-27)24-8-5-9-25(16-24)35-19-22-6-3-2-4-7-22/h2-9,14-16,18,21,23H,10-13,17,19,29H2,1H3/p+1. The van der Waals surface area contributed by atoms with Crippen LogP contribution in [0.4, 0.5) is 0 Å². The van der Waals surface area contributed by atoms with E-state index in [0.29, 0.717) is 18.4 Å². The predicted molar refractivity (Wildman–Crippen MR) is 137 cm³/mol. The summed E-state index contributed by atoms with van der Waals surface area (Å²) in [6, 6.07) is 18.1. The third kappa shape index (κ3) is 4.97. The number of rotatable bonds is 7. The van der Waals surface area contributed by atoms with Crippen LogP contribution in [0.2, 0.25) is 0 Å². The fourth-order valence-electron chi connectivity index (χ4n) is 5.10. The molecule has 5 rings (SSSR count). The summed E-state index contributed by atoms with van der Waals surface area (Å²) in [6.07, 6.45) is 9.66. The summed E-state index contributed by atoms with van der Waals surface area (Å²) in [5, 5.41) is 2.96. The molecule has 180 valence electrons. The quantitative estimate of drug-likeness (QED) is 0.464. The number of allylic oxidation sites excluding steroid dienone is 2. The molecule has 1 atom stereocenters. The van der Waals surface area contributed by atoms with Gasteiger partial charge in [0.2, 0.25) is 11.6 Å². The molecule has 1 aliphatic carbocycles. The SMILES string of the molecule is CC(=O)NCC1CCC(C2=C3C=NC=C[N+]3(N)C(c3cccc(OCc4ccccc4)c3)=N2)CC1. The Bertz CT molecular complexity index is 1210. The van der Waals surface area contributed by atoms with Gasteiger partial charge in [0.15, 0.2) is 0 Å². The van der Waals surface area contributed by atoms with Gasteiger partial charge in [-0.15, -0.1) is 4.59 Å². The molecule has 0 radical (unpaired) electrons. The highest BCUT2D eigenvalue weighted by atomic mass is 16.5. The van der Waals surface area contributed by atoms with Crippen LogP contribution in [0.15, 0.2) is 88.4 Å². The average molecular weight is 471 g/mol. The van der Waals surface area contributed by atoms with Gasteiger partial charge < -0.3 is 10.1 Å². The summed E-state index contributed by atoms with van der Waals surface area (Å²) < 4.78 is 6.09. The van der Waals surface area contributed by atoms with E-state index >= 15 is 0 Å². The van der Waals surface area contributed by atoms with E-state index in [4.69, 9.17) is 15.6 Å². The number of nitrogens with one attached hydrogen (secondary N) is 1. The van der Waals surface area contributed by atoms with E-state index in [0.717, 1.165) is 66.3 Å². The molecule has 3 N–H and O–H groups in total. The topological polar surface area (TPSA) is 89.1 Å². The summed E-state index contributed by atoms with van der Waals surface area (Å²) in [7, 11) is 0. The molecule has 2 aromatic rings. The van der Waals surface area contributed by atoms with Gasteiger partial charge >= 0.3 is 0 Å². The first-order valence-electron chi connectivity index (χ1n) is 12.3. The monoisotopic (exact) mass is 470 g/mol.